The first kappa shape index (κ1) is 39.8. The molecule has 1 amide bonds. The van der Waals surface area contributed by atoms with Crippen LogP contribution < -0.4 is 4.90 Å². The van der Waals surface area contributed by atoms with Crippen LogP contribution >= 0.6 is 0 Å². The second kappa shape index (κ2) is 18.0. The van der Waals surface area contributed by atoms with Gasteiger partial charge in [-0.15, -0.1) is 0 Å². The van der Waals surface area contributed by atoms with Crippen molar-refractivity contribution in [3.05, 3.63) is 47.3 Å². The van der Waals surface area contributed by atoms with E-state index in [-0.39, 0.29) is 36.1 Å². The summed E-state index contributed by atoms with van der Waals surface area (Å²) in [6, 6.07) is 4.83. The van der Waals surface area contributed by atoms with Crippen LogP contribution in [-0.4, -0.2) is 123 Å². The largest absolute Gasteiger partial charge is 0.457 e. The van der Waals surface area contributed by atoms with Crippen LogP contribution in [0, 0.1) is 17.7 Å². The number of nitrogens with zero attached hydrogens (tertiary/aromatic N) is 4. The quantitative estimate of drug-likeness (QED) is 0.295. The molecule has 1 aromatic rings. The number of amides is 1. The van der Waals surface area contributed by atoms with Gasteiger partial charge < -0.3 is 29.3 Å². The van der Waals surface area contributed by atoms with Gasteiger partial charge in [-0.25, -0.2) is 21.9 Å². The molecular formula is C37H57FN4O7S. The fourth-order valence-electron chi connectivity index (χ4n) is 6.96. The predicted octanol–water partition coefficient (Wildman–Crippen LogP) is 4.91. The van der Waals surface area contributed by atoms with Crippen molar-refractivity contribution in [3.8, 4) is 0 Å². The molecule has 5 atom stereocenters. The second-order valence-corrected chi connectivity index (χ2v) is 16.5. The third-order valence-electron chi connectivity index (χ3n) is 10.2. The number of sulfonamides is 1. The lowest BCUT2D eigenvalue weighted by Gasteiger charge is -2.37. The Labute approximate surface area is 298 Å². The van der Waals surface area contributed by atoms with Crippen LogP contribution in [0.15, 0.2) is 35.9 Å². The molecule has 3 heterocycles. The van der Waals surface area contributed by atoms with Gasteiger partial charge in [0, 0.05) is 64.0 Å². The number of likely N-dealkylation sites (N-methyl/N-ethyl adjacent to an activating group) is 1. The highest BCUT2D eigenvalue weighted by Gasteiger charge is 2.31. The molecule has 0 spiro atoms. The minimum absolute atomic E-state index is 0.0485. The number of rotatable bonds is 8. The summed E-state index contributed by atoms with van der Waals surface area (Å²) in [5.41, 5.74) is 1.96. The summed E-state index contributed by atoms with van der Waals surface area (Å²) < 4.78 is 53.7. The summed E-state index contributed by atoms with van der Waals surface area (Å²) in [5, 5.41) is 10.7. The van der Waals surface area contributed by atoms with Gasteiger partial charge in [-0.1, -0.05) is 32.9 Å². The molecule has 50 heavy (non-hydrogen) atoms. The second-order valence-electron chi connectivity index (χ2n) is 14.4. The van der Waals surface area contributed by atoms with Crippen molar-refractivity contribution in [1.29, 1.82) is 0 Å². The molecule has 0 radical (unpaired) electrons. The number of carbonyl (C=O) groups is 2. The van der Waals surface area contributed by atoms with Crippen LogP contribution in [0.25, 0.3) is 6.08 Å². The van der Waals surface area contributed by atoms with Gasteiger partial charge in [0.25, 0.3) is 0 Å². The Kier molecular flexibility index (Phi) is 14.3. The average molecular weight is 721 g/mol. The lowest BCUT2D eigenvalue weighted by atomic mass is 9.91. The lowest BCUT2D eigenvalue weighted by molar-refractivity contribution is -0.151. The number of carbonyl (C=O) groups excluding carboxylic acids is 2. The van der Waals surface area contributed by atoms with Gasteiger partial charge >= 0.3 is 12.1 Å². The minimum atomic E-state index is -3.26. The number of ether oxygens (including phenoxy) is 2. The number of aliphatic hydroxyl groups excluding tert-OH is 1. The van der Waals surface area contributed by atoms with Gasteiger partial charge in [-0.2, -0.15) is 0 Å². The van der Waals surface area contributed by atoms with Crippen molar-refractivity contribution in [3.63, 3.8) is 0 Å². The number of cyclic esters (lactones) is 1. The smallest absolute Gasteiger partial charge is 0.410 e. The maximum atomic E-state index is 15.1. The van der Waals surface area contributed by atoms with Gasteiger partial charge in [0.2, 0.25) is 10.0 Å². The van der Waals surface area contributed by atoms with E-state index in [1.54, 1.807) is 15.3 Å². The molecule has 0 aromatic heterocycles. The molecule has 3 aliphatic rings. The highest BCUT2D eigenvalue weighted by molar-refractivity contribution is 7.89. The normalized spacial score (nSPS) is 27.9. The molecule has 0 bridgehead atoms. The summed E-state index contributed by atoms with van der Waals surface area (Å²) >= 11 is 0. The molecule has 13 heteroatoms. The summed E-state index contributed by atoms with van der Waals surface area (Å²) in [7, 11) is 0.663. The Bertz CT molecular complexity index is 1470. The van der Waals surface area contributed by atoms with Gasteiger partial charge in [0.15, 0.2) is 0 Å². The van der Waals surface area contributed by atoms with Crippen LogP contribution in [0.2, 0.25) is 0 Å². The number of aliphatic hydroxyl groups is 1. The van der Waals surface area contributed by atoms with E-state index in [9.17, 15) is 23.1 Å². The Balaban J connectivity index is 1.52. The molecule has 4 rings (SSSR count). The van der Waals surface area contributed by atoms with E-state index < -0.39 is 40.1 Å². The van der Waals surface area contributed by atoms with E-state index >= 15 is 4.39 Å². The number of hydrogen-bond donors (Lipinski definition) is 1. The van der Waals surface area contributed by atoms with Crippen molar-refractivity contribution in [2.75, 3.05) is 64.0 Å². The Morgan fingerprint density at radius 2 is 1.74 bits per heavy atom. The van der Waals surface area contributed by atoms with Gasteiger partial charge in [0.1, 0.15) is 18.0 Å². The first-order valence-electron chi connectivity index (χ1n) is 18.1. The van der Waals surface area contributed by atoms with Crippen molar-refractivity contribution < 1.29 is 37.0 Å². The van der Waals surface area contributed by atoms with E-state index in [0.717, 1.165) is 13.1 Å². The molecule has 3 aliphatic heterocycles. The molecule has 280 valence electrons. The monoisotopic (exact) mass is 720 g/mol. The molecule has 1 N–H and O–H groups in total. The first-order valence-corrected chi connectivity index (χ1v) is 19.7. The fourth-order valence-corrected chi connectivity index (χ4v) is 8.50. The summed E-state index contributed by atoms with van der Waals surface area (Å²) in [6.45, 7) is 11.2. The maximum Gasteiger partial charge on any atom is 0.410 e. The average Bonchev–Trinajstić information content (AvgIpc) is 3.07. The van der Waals surface area contributed by atoms with Crippen molar-refractivity contribution in [1.82, 2.24) is 14.1 Å². The fraction of sp³-hybridized carbons (Fsp3) is 0.676. The number of piperidine rings is 1. The maximum absolute atomic E-state index is 15.1. The molecule has 11 nitrogen and oxygen atoms in total. The number of halogens is 1. The molecule has 0 aliphatic carbocycles. The van der Waals surface area contributed by atoms with Crippen molar-refractivity contribution in [2.24, 2.45) is 11.8 Å². The number of esters is 1. The number of piperazine rings is 1. The van der Waals surface area contributed by atoms with E-state index in [1.165, 1.54) is 12.1 Å². The highest BCUT2D eigenvalue weighted by atomic mass is 32.2. The SMILES string of the molecule is CCCS(=O)(=O)N1CCC(N(C)c2cc(F)cc(/C=C(\C)[C@H]3OC(=O)C[C@@H](O)CC[C@@H](C)[C@@H](OC(=O)N4CCN(C)CC4)/C=C\[C@@H]3C)c2)CC1. The predicted molar refractivity (Wildman–Crippen MR) is 194 cm³/mol. The van der Waals surface area contributed by atoms with E-state index in [0.29, 0.717) is 75.1 Å². The molecule has 0 unspecified atom stereocenters. The van der Waals surface area contributed by atoms with Gasteiger partial charge in [-0.3, -0.25) is 4.79 Å². The van der Waals surface area contributed by atoms with Crippen LogP contribution in [0.4, 0.5) is 14.9 Å². The molecule has 0 saturated carbocycles. The minimum Gasteiger partial charge on any atom is -0.457 e. The van der Waals surface area contributed by atoms with Crippen LogP contribution in [0.3, 0.4) is 0 Å². The number of hydrogen-bond acceptors (Lipinski definition) is 9. The zero-order chi connectivity index (χ0) is 36.6. The first-order chi connectivity index (χ1) is 23.7. The van der Waals surface area contributed by atoms with E-state index in [2.05, 4.69) is 4.90 Å². The third-order valence-corrected chi connectivity index (χ3v) is 12.3. The molecule has 2 saturated heterocycles. The molecular weight excluding hydrogens is 663 g/mol. The van der Waals surface area contributed by atoms with Crippen LogP contribution in [0.1, 0.15) is 71.8 Å². The number of anilines is 1. The van der Waals surface area contributed by atoms with Crippen LogP contribution in [-0.2, 0) is 24.3 Å². The topological polar surface area (TPSA) is 120 Å². The van der Waals surface area contributed by atoms with Crippen LogP contribution in [0.5, 0.6) is 0 Å². The highest BCUT2D eigenvalue weighted by Crippen LogP contribution is 2.29. The zero-order valence-corrected chi connectivity index (χ0v) is 31.4. The van der Waals surface area contributed by atoms with E-state index in [1.807, 2.05) is 64.9 Å². The summed E-state index contributed by atoms with van der Waals surface area (Å²) in [4.78, 5) is 32.0. The molecule has 1 aromatic carbocycles. The lowest BCUT2D eigenvalue weighted by Crippen LogP contribution is -2.48. The Morgan fingerprint density at radius 1 is 1.06 bits per heavy atom. The zero-order valence-electron chi connectivity index (χ0n) is 30.6. The Morgan fingerprint density at radius 3 is 2.40 bits per heavy atom. The Hall–Kier alpha value is -3.00. The van der Waals surface area contributed by atoms with Gasteiger partial charge in [-0.05, 0) is 87.4 Å². The standard InChI is InChI=1S/C37H57FN4O7S/c1-7-20-50(46,47)42-14-12-31(13-15-42)40(6)32-23-29(22-30(38)24-32)21-28(4)36-27(3)9-11-34(26(2)8-10-33(43)25-35(44)49-36)48-37(45)41-18-16-39(5)17-19-41/h9,11,21-24,26-27,31,33-34,36,43H,7-8,10,12-20,25H2,1-6H3/b11-9-,28-21+/t26-,27+,33+,34+,36+/m1/s1. The third kappa shape index (κ3) is 11.0. The van der Waals surface area contributed by atoms with E-state index in [4.69, 9.17) is 9.47 Å². The number of benzene rings is 1. The van der Waals surface area contributed by atoms with Crippen molar-refractivity contribution in [2.45, 2.75) is 90.6 Å². The summed E-state index contributed by atoms with van der Waals surface area (Å²) in [6.07, 6.45) is 5.67. The van der Waals surface area contributed by atoms with Crippen molar-refractivity contribution >= 4 is 33.8 Å². The van der Waals surface area contributed by atoms with Gasteiger partial charge in [0.05, 0.1) is 18.3 Å². The molecule has 2 fully saturated rings. The summed E-state index contributed by atoms with van der Waals surface area (Å²) in [5.74, 6) is -1.21.